The fourth-order valence-electron chi connectivity index (χ4n) is 9.26. The molecule has 8 aromatic rings. The maximum Gasteiger partial charge on any atom is 0.0165 e. The Bertz CT molecular complexity index is 2630. The summed E-state index contributed by atoms with van der Waals surface area (Å²) in [5, 5.41) is 8.07. The molecular weight excluding hydrogens is 577 g/mol. The van der Waals surface area contributed by atoms with E-state index in [-0.39, 0.29) is 10.8 Å². The Balaban J connectivity index is 1.12. The van der Waals surface area contributed by atoms with Gasteiger partial charge < -0.3 is 0 Å². The molecule has 0 saturated carbocycles. The second-order valence-electron chi connectivity index (χ2n) is 14.9. The van der Waals surface area contributed by atoms with Crippen LogP contribution in [0.4, 0.5) is 0 Å². The van der Waals surface area contributed by atoms with Gasteiger partial charge in [0, 0.05) is 10.8 Å². The first-order valence-electron chi connectivity index (χ1n) is 17.2. The Labute approximate surface area is 282 Å². The maximum absolute atomic E-state index is 2.44. The lowest BCUT2D eigenvalue weighted by Crippen LogP contribution is -2.15. The molecule has 0 heterocycles. The van der Waals surface area contributed by atoms with Crippen LogP contribution >= 0.6 is 0 Å². The number of rotatable bonds is 2. The van der Waals surface area contributed by atoms with E-state index in [4.69, 9.17) is 0 Å². The van der Waals surface area contributed by atoms with Crippen LogP contribution in [0.15, 0.2) is 146 Å². The molecule has 48 heavy (non-hydrogen) atoms. The van der Waals surface area contributed by atoms with Crippen molar-refractivity contribution in [1.82, 2.24) is 0 Å². The van der Waals surface area contributed by atoms with Crippen molar-refractivity contribution < 1.29 is 0 Å². The Kier molecular flexibility index (Phi) is 5.50. The van der Waals surface area contributed by atoms with Gasteiger partial charge in [0.25, 0.3) is 0 Å². The predicted molar refractivity (Wildman–Crippen MR) is 205 cm³/mol. The van der Waals surface area contributed by atoms with Crippen molar-refractivity contribution in [3.05, 3.63) is 168 Å². The third kappa shape index (κ3) is 3.61. The highest BCUT2D eigenvalue weighted by Gasteiger charge is 2.38. The molecule has 0 nitrogen and oxygen atoms in total. The minimum Gasteiger partial charge on any atom is -0.0619 e. The monoisotopic (exact) mass is 612 g/mol. The Morgan fingerprint density at radius 2 is 0.833 bits per heavy atom. The lowest BCUT2D eigenvalue weighted by atomic mass is 9.78. The van der Waals surface area contributed by atoms with Crippen LogP contribution in [0.3, 0.4) is 0 Å². The van der Waals surface area contributed by atoms with Crippen LogP contribution in [0.2, 0.25) is 0 Å². The molecule has 0 unspecified atom stereocenters. The third-order valence-corrected chi connectivity index (χ3v) is 11.6. The van der Waals surface area contributed by atoms with Gasteiger partial charge in [0.2, 0.25) is 0 Å². The summed E-state index contributed by atoms with van der Waals surface area (Å²) in [7, 11) is 0. The van der Waals surface area contributed by atoms with E-state index in [1.807, 2.05) is 0 Å². The molecule has 0 N–H and O–H groups in total. The van der Waals surface area contributed by atoms with E-state index in [2.05, 4.69) is 173 Å². The van der Waals surface area contributed by atoms with Gasteiger partial charge in [0.1, 0.15) is 0 Å². The molecule has 8 aromatic carbocycles. The quantitative estimate of drug-likeness (QED) is 0.170. The van der Waals surface area contributed by atoms with Crippen LogP contribution in [-0.2, 0) is 10.8 Å². The zero-order valence-corrected chi connectivity index (χ0v) is 27.9. The highest BCUT2D eigenvalue weighted by Crippen LogP contribution is 2.54. The Hall–Kier alpha value is -5.46. The molecule has 2 aliphatic rings. The fraction of sp³-hybridized carbons (Fsp3) is 0.125. The molecule has 0 spiro atoms. The largest absolute Gasteiger partial charge is 0.0619 e. The van der Waals surface area contributed by atoms with Gasteiger partial charge in [-0.25, -0.2) is 0 Å². The first kappa shape index (κ1) is 27.6. The molecule has 0 bridgehead atoms. The Morgan fingerprint density at radius 1 is 0.312 bits per heavy atom. The molecule has 0 heteroatoms. The summed E-state index contributed by atoms with van der Waals surface area (Å²) in [6.07, 6.45) is 0. The summed E-state index contributed by atoms with van der Waals surface area (Å²) in [4.78, 5) is 0. The number of hydrogen-bond acceptors (Lipinski definition) is 0. The zero-order chi connectivity index (χ0) is 32.4. The van der Waals surface area contributed by atoms with E-state index < -0.39 is 0 Å². The molecule has 0 aromatic heterocycles. The lowest BCUT2D eigenvalue weighted by molar-refractivity contribution is 0.660. The summed E-state index contributed by atoms with van der Waals surface area (Å²) < 4.78 is 0. The van der Waals surface area contributed by atoms with Crippen molar-refractivity contribution in [3.8, 4) is 44.5 Å². The number of benzene rings is 8. The van der Waals surface area contributed by atoms with Gasteiger partial charge in [-0.1, -0.05) is 155 Å². The van der Waals surface area contributed by atoms with Crippen LogP contribution in [0, 0.1) is 0 Å². The normalized spacial score (nSPS) is 15.0. The average molecular weight is 613 g/mol. The van der Waals surface area contributed by atoms with Crippen LogP contribution in [0.25, 0.3) is 76.8 Å². The van der Waals surface area contributed by atoms with Crippen molar-refractivity contribution >= 4 is 32.3 Å². The second-order valence-corrected chi connectivity index (χ2v) is 14.9. The molecule has 0 amide bonds. The number of fused-ring (bicyclic) bond motifs is 13. The van der Waals surface area contributed by atoms with Gasteiger partial charge in [-0.05, 0) is 117 Å². The molecule has 2 aliphatic carbocycles. The topological polar surface area (TPSA) is 0 Å². The van der Waals surface area contributed by atoms with E-state index in [9.17, 15) is 0 Å². The third-order valence-electron chi connectivity index (χ3n) is 11.6. The molecule has 0 fully saturated rings. The minimum absolute atomic E-state index is 0.0124. The standard InChI is InChI=1S/C48H36/c1-47(2)42-19-10-9-17-36(42)37-22-20-32(28-44(37)47)30-13-11-12-29(26-30)31-21-25-43-41(27-31)40-24-23-39-35-16-6-5-14-33(35)34-15-7-8-18-38(34)45(39)46(40)48(43,3)4/h5-28H,1-4H3. The fourth-order valence-corrected chi connectivity index (χ4v) is 9.26. The summed E-state index contributed by atoms with van der Waals surface area (Å²) in [6.45, 7) is 9.54. The van der Waals surface area contributed by atoms with Crippen molar-refractivity contribution in [2.45, 2.75) is 38.5 Å². The summed E-state index contributed by atoms with van der Waals surface area (Å²) in [6, 6.07) is 54.8. The molecule has 0 radical (unpaired) electrons. The number of hydrogen-bond donors (Lipinski definition) is 0. The van der Waals surface area contributed by atoms with E-state index in [1.54, 1.807) is 0 Å². The lowest BCUT2D eigenvalue weighted by Gasteiger charge is -2.24. The maximum atomic E-state index is 2.44. The summed E-state index contributed by atoms with van der Waals surface area (Å²) in [5.41, 5.74) is 16.0. The molecule has 0 atom stereocenters. The second kappa shape index (κ2) is 9.55. The Morgan fingerprint density at radius 3 is 1.58 bits per heavy atom. The van der Waals surface area contributed by atoms with Crippen molar-refractivity contribution in [3.63, 3.8) is 0 Å². The molecule has 10 rings (SSSR count). The van der Waals surface area contributed by atoms with E-state index in [0.717, 1.165) is 0 Å². The summed E-state index contributed by atoms with van der Waals surface area (Å²) >= 11 is 0. The summed E-state index contributed by atoms with van der Waals surface area (Å²) in [5.74, 6) is 0. The van der Waals surface area contributed by atoms with Crippen molar-refractivity contribution in [2.75, 3.05) is 0 Å². The molecular formula is C48H36. The van der Waals surface area contributed by atoms with Crippen LogP contribution in [0.1, 0.15) is 49.9 Å². The smallest absolute Gasteiger partial charge is 0.0165 e. The van der Waals surface area contributed by atoms with Gasteiger partial charge in [-0.3, -0.25) is 0 Å². The van der Waals surface area contributed by atoms with Gasteiger partial charge in [0.05, 0.1) is 0 Å². The van der Waals surface area contributed by atoms with Crippen molar-refractivity contribution in [1.29, 1.82) is 0 Å². The predicted octanol–water partition coefficient (Wildman–Crippen LogP) is 13.1. The first-order valence-corrected chi connectivity index (χ1v) is 17.2. The molecule has 0 aliphatic heterocycles. The minimum atomic E-state index is -0.120. The van der Waals surface area contributed by atoms with E-state index in [0.29, 0.717) is 0 Å². The highest BCUT2D eigenvalue weighted by molar-refractivity contribution is 6.27. The van der Waals surface area contributed by atoms with Crippen LogP contribution in [0.5, 0.6) is 0 Å². The van der Waals surface area contributed by atoms with Crippen LogP contribution in [-0.4, -0.2) is 0 Å². The van der Waals surface area contributed by atoms with Gasteiger partial charge >= 0.3 is 0 Å². The highest BCUT2D eigenvalue weighted by atomic mass is 14.4. The van der Waals surface area contributed by atoms with Gasteiger partial charge in [-0.2, -0.15) is 0 Å². The van der Waals surface area contributed by atoms with E-state index >= 15 is 0 Å². The zero-order valence-electron chi connectivity index (χ0n) is 27.9. The first-order chi connectivity index (χ1) is 23.3. The van der Waals surface area contributed by atoms with Crippen LogP contribution < -0.4 is 0 Å². The SMILES string of the molecule is CC1(C)c2ccccc2-c2ccc(-c3cccc(-c4ccc5c(c4)-c4ccc6c7ccccc7c7ccccc7c6c4C5(C)C)c3)cc21. The van der Waals surface area contributed by atoms with E-state index in [1.165, 1.54) is 99.1 Å². The molecule has 228 valence electrons. The molecule has 0 saturated heterocycles. The average Bonchev–Trinajstić information content (AvgIpc) is 3.50. The van der Waals surface area contributed by atoms with Gasteiger partial charge in [-0.15, -0.1) is 0 Å². The van der Waals surface area contributed by atoms with Crippen molar-refractivity contribution in [2.24, 2.45) is 0 Å². The van der Waals surface area contributed by atoms with Gasteiger partial charge in [0.15, 0.2) is 0 Å².